The first-order valence-electron chi connectivity index (χ1n) is 5.45. The van der Waals surface area contributed by atoms with Crippen LogP contribution in [-0.2, 0) is 9.59 Å². The Hall–Kier alpha value is -0.550. The van der Waals surface area contributed by atoms with Crippen LogP contribution < -0.4 is 5.73 Å². The van der Waals surface area contributed by atoms with Crippen LogP contribution in [-0.4, -0.2) is 34.4 Å². The number of aliphatic carboxylic acids is 1. The maximum absolute atomic E-state index is 10.3. The van der Waals surface area contributed by atoms with Gasteiger partial charge < -0.3 is 15.6 Å². The normalized spacial score (nSPS) is 11.2. The molecule has 4 nitrogen and oxygen atoms in total. The van der Waals surface area contributed by atoms with Crippen molar-refractivity contribution in [2.75, 3.05) is 11.5 Å². The molecule has 0 aromatic rings. The second kappa shape index (κ2) is 12.5. The van der Waals surface area contributed by atoms with Crippen molar-refractivity contribution in [3.05, 3.63) is 0 Å². The number of carboxylic acid groups (broad SMARTS) is 1. The van der Waals surface area contributed by atoms with Crippen molar-refractivity contribution in [3.63, 3.8) is 0 Å². The van der Waals surface area contributed by atoms with E-state index >= 15 is 0 Å². The fourth-order valence-electron chi connectivity index (χ4n) is 0.836. The zero-order chi connectivity index (χ0) is 13.0. The number of carboxylic acids is 1. The third-order valence-electron chi connectivity index (χ3n) is 1.58. The number of thioether (sulfide) groups is 1. The highest BCUT2D eigenvalue weighted by Crippen LogP contribution is 2.06. The number of carbonyl (C=O) groups excluding carboxylic acids is 1. The quantitative estimate of drug-likeness (QED) is 0.674. The van der Waals surface area contributed by atoms with Crippen molar-refractivity contribution in [1.82, 2.24) is 0 Å². The largest absolute Gasteiger partial charge is 0.480 e. The van der Waals surface area contributed by atoms with Crippen molar-refractivity contribution in [3.8, 4) is 0 Å². The maximum atomic E-state index is 10.3. The molecule has 96 valence electrons. The van der Waals surface area contributed by atoms with Gasteiger partial charge in [-0.25, -0.2) is 0 Å². The highest BCUT2D eigenvalue weighted by atomic mass is 32.2. The van der Waals surface area contributed by atoms with E-state index in [0.717, 1.165) is 24.3 Å². The zero-order valence-corrected chi connectivity index (χ0v) is 11.2. The van der Waals surface area contributed by atoms with Crippen LogP contribution in [0.15, 0.2) is 0 Å². The Balaban J connectivity index is 0. The van der Waals surface area contributed by atoms with E-state index in [9.17, 15) is 9.59 Å². The number of Topliss-reactive ketones (excluding diaryl/α,β-unsaturated/α-hetero) is 1. The van der Waals surface area contributed by atoms with E-state index in [1.54, 1.807) is 0 Å². The van der Waals surface area contributed by atoms with E-state index in [4.69, 9.17) is 10.8 Å². The minimum absolute atomic E-state index is 0.167. The van der Waals surface area contributed by atoms with Gasteiger partial charge in [0.25, 0.3) is 0 Å². The van der Waals surface area contributed by atoms with Gasteiger partial charge in [-0.2, -0.15) is 11.8 Å². The van der Waals surface area contributed by atoms with E-state index in [0.29, 0.717) is 6.42 Å². The number of nitrogens with two attached hydrogens (primary N) is 1. The highest BCUT2D eigenvalue weighted by molar-refractivity contribution is 7.99. The Bertz CT molecular complexity index is 194. The molecule has 0 rings (SSSR count). The Morgan fingerprint density at radius 3 is 2.19 bits per heavy atom. The van der Waals surface area contributed by atoms with Gasteiger partial charge in [0.05, 0.1) is 0 Å². The molecule has 0 amide bonds. The van der Waals surface area contributed by atoms with E-state index in [2.05, 4.69) is 6.92 Å². The third kappa shape index (κ3) is 19.1. The molecular weight excluding hydrogens is 226 g/mol. The number of hydrogen-bond acceptors (Lipinski definition) is 4. The first kappa shape index (κ1) is 17.8. The molecule has 0 spiro atoms. The van der Waals surface area contributed by atoms with Crippen LogP contribution in [0.25, 0.3) is 0 Å². The first-order valence-corrected chi connectivity index (χ1v) is 6.60. The van der Waals surface area contributed by atoms with Crippen molar-refractivity contribution in [2.45, 2.75) is 46.1 Å². The van der Waals surface area contributed by atoms with E-state index in [-0.39, 0.29) is 5.78 Å². The second-order valence-corrected chi connectivity index (χ2v) is 4.94. The van der Waals surface area contributed by atoms with Gasteiger partial charge in [-0.15, -0.1) is 0 Å². The van der Waals surface area contributed by atoms with Gasteiger partial charge in [-0.3, -0.25) is 4.79 Å². The van der Waals surface area contributed by atoms with Crippen LogP contribution >= 0.6 is 11.8 Å². The molecule has 1 atom stereocenters. The van der Waals surface area contributed by atoms with Crippen LogP contribution in [0, 0.1) is 0 Å². The topological polar surface area (TPSA) is 80.4 Å². The van der Waals surface area contributed by atoms with Gasteiger partial charge >= 0.3 is 5.97 Å². The molecule has 0 bridgehead atoms. The van der Waals surface area contributed by atoms with E-state index < -0.39 is 12.0 Å². The Labute approximate surface area is 102 Å². The lowest BCUT2D eigenvalue weighted by Gasteiger charge is -2.04. The minimum Gasteiger partial charge on any atom is -0.480 e. The molecule has 0 heterocycles. The molecular formula is C11H23NO3S. The lowest BCUT2D eigenvalue weighted by atomic mass is 10.1. The molecule has 5 heteroatoms. The lowest BCUT2D eigenvalue weighted by molar-refractivity contribution is -0.138. The van der Waals surface area contributed by atoms with Gasteiger partial charge in [-0.05, 0) is 38.2 Å². The fraction of sp³-hybridized carbons (Fsp3) is 0.818. The average molecular weight is 249 g/mol. The highest BCUT2D eigenvalue weighted by Gasteiger charge is 2.09. The summed E-state index contributed by atoms with van der Waals surface area (Å²) in [6.45, 7) is 5.17. The predicted octanol–water partition coefficient (Wildman–Crippen LogP) is 1.92. The molecule has 3 N–H and O–H groups in total. The minimum atomic E-state index is -0.891. The second-order valence-electron chi connectivity index (χ2n) is 3.55. The summed E-state index contributed by atoms with van der Waals surface area (Å²) in [6.07, 6.45) is 2.58. The van der Waals surface area contributed by atoms with Gasteiger partial charge in [0.2, 0.25) is 0 Å². The molecule has 0 fully saturated rings. The van der Waals surface area contributed by atoms with Gasteiger partial charge in [-0.1, -0.05) is 13.3 Å². The maximum Gasteiger partial charge on any atom is 0.320 e. The molecule has 0 aliphatic carbocycles. The zero-order valence-electron chi connectivity index (χ0n) is 10.4. The van der Waals surface area contributed by atoms with Crippen LogP contribution in [0.3, 0.4) is 0 Å². The first-order chi connectivity index (χ1) is 7.41. The van der Waals surface area contributed by atoms with Gasteiger partial charge in [0.1, 0.15) is 11.8 Å². The van der Waals surface area contributed by atoms with Crippen LogP contribution in [0.2, 0.25) is 0 Å². The summed E-state index contributed by atoms with van der Waals surface area (Å²) >= 11 is 1.88. The Kier molecular flexibility index (Phi) is 14.0. The summed E-state index contributed by atoms with van der Waals surface area (Å²) in [4.78, 5) is 19.7. The average Bonchev–Trinajstić information content (AvgIpc) is 2.16. The number of ketones is 1. The van der Waals surface area contributed by atoms with Crippen LogP contribution in [0.1, 0.15) is 40.0 Å². The number of rotatable bonds is 7. The van der Waals surface area contributed by atoms with Crippen molar-refractivity contribution in [2.24, 2.45) is 5.73 Å². The molecule has 0 radical (unpaired) electrons. The molecule has 0 aromatic carbocycles. The SMILES string of the molecule is CC(C)=O.CCSCCCCC(N)C(=O)O. The third-order valence-corrected chi connectivity index (χ3v) is 2.56. The monoisotopic (exact) mass is 249 g/mol. The Morgan fingerprint density at radius 1 is 1.31 bits per heavy atom. The molecule has 0 saturated heterocycles. The summed E-state index contributed by atoms with van der Waals surface area (Å²) in [5, 5.41) is 8.45. The molecule has 0 aliphatic heterocycles. The van der Waals surface area contributed by atoms with Crippen LogP contribution in [0.4, 0.5) is 0 Å². The number of unbranched alkanes of at least 4 members (excludes halogenated alkanes) is 1. The molecule has 16 heavy (non-hydrogen) atoms. The predicted molar refractivity (Wildman–Crippen MR) is 68.8 cm³/mol. The van der Waals surface area contributed by atoms with E-state index in [1.165, 1.54) is 13.8 Å². The molecule has 0 aromatic heterocycles. The fourth-order valence-corrected chi connectivity index (χ4v) is 1.53. The Morgan fingerprint density at radius 2 is 1.81 bits per heavy atom. The van der Waals surface area contributed by atoms with Gasteiger partial charge in [0.15, 0.2) is 0 Å². The van der Waals surface area contributed by atoms with Crippen molar-refractivity contribution < 1.29 is 14.7 Å². The summed E-state index contributed by atoms with van der Waals surface area (Å²) in [5.41, 5.74) is 5.32. The summed E-state index contributed by atoms with van der Waals surface area (Å²) in [7, 11) is 0. The molecule has 0 saturated carbocycles. The standard InChI is InChI=1S/C8H17NO2S.C3H6O/c1-2-12-6-4-3-5-7(9)8(10)11;1-3(2)4/h7H,2-6,9H2,1H3,(H,10,11);1-2H3. The lowest BCUT2D eigenvalue weighted by Crippen LogP contribution is -2.29. The number of hydrogen-bond donors (Lipinski definition) is 2. The van der Waals surface area contributed by atoms with Gasteiger partial charge in [0, 0.05) is 0 Å². The summed E-state index contributed by atoms with van der Waals surface area (Å²) in [5.74, 6) is 1.52. The van der Waals surface area contributed by atoms with Crippen LogP contribution in [0.5, 0.6) is 0 Å². The van der Waals surface area contributed by atoms with Crippen molar-refractivity contribution >= 4 is 23.5 Å². The van der Waals surface area contributed by atoms with Crippen molar-refractivity contribution in [1.29, 1.82) is 0 Å². The molecule has 0 aliphatic rings. The molecule has 1 unspecified atom stereocenters. The smallest absolute Gasteiger partial charge is 0.320 e. The summed E-state index contributed by atoms with van der Waals surface area (Å²) in [6, 6.07) is -0.670. The number of carbonyl (C=O) groups is 2. The summed E-state index contributed by atoms with van der Waals surface area (Å²) < 4.78 is 0. The van der Waals surface area contributed by atoms with E-state index in [1.807, 2.05) is 11.8 Å².